The van der Waals surface area contributed by atoms with Crippen molar-refractivity contribution < 1.29 is 22.7 Å². The van der Waals surface area contributed by atoms with Gasteiger partial charge in [-0.2, -0.15) is 0 Å². The lowest BCUT2D eigenvalue weighted by Crippen LogP contribution is -2.11. The van der Waals surface area contributed by atoms with Gasteiger partial charge < -0.3 is 15.8 Å². The Morgan fingerprint density at radius 1 is 1.00 bits per heavy atom. The first-order valence-corrected chi connectivity index (χ1v) is 8.59. The topological polar surface area (TPSA) is 128 Å². The molecular weight excluding hydrogens is 346 g/mol. The molecule has 0 aromatic heterocycles. The van der Waals surface area contributed by atoms with Crippen molar-refractivity contribution in [2.75, 3.05) is 23.5 Å². The van der Waals surface area contributed by atoms with Crippen LogP contribution in [0.3, 0.4) is 0 Å². The standard InChI is InChI=1S/C16H17N3O5S/c1-10(20)18-15-8-7-13(9-14(15)17)25(22,23)12-5-3-11(4-6-12)19-16(21)24-2/h3-9H,17H2,1-2H3,(H,18,20)(H,19,21). The van der Waals surface area contributed by atoms with E-state index in [1.54, 1.807) is 0 Å². The van der Waals surface area contributed by atoms with Crippen LogP contribution < -0.4 is 16.4 Å². The third-order valence-corrected chi connectivity index (χ3v) is 5.01. The van der Waals surface area contributed by atoms with E-state index in [2.05, 4.69) is 15.4 Å². The summed E-state index contributed by atoms with van der Waals surface area (Å²) in [6.07, 6.45) is -0.656. The summed E-state index contributed by atoms with van der Waals surface area (Å²) in [5, 5.41) is 4.94. The molecule has 0 aliphatic carbocycles. The molecule has 0 heterocycles. The van der Waals surface area contributed by atoms with Crippen LogP contribution in [0.4, 0.5) is 21.9 Å². The van der Waals surface area contributed by atoms with E-state index in [0.717, 1.165) is 0 Å². The van der Waals surface area contributed by atoms with Gasteiger partial charge in [0.1, 0.15) is 0 Å². The van der Waals surface area contributed by atoms with Crippen LogP contribution in [0.5, 0.6) is 0 Å². The fraction of sp³-hybridized carbons (Fsp3) is 0.125. The van der Waals surface area contributed by atoms with Crippen LogP contribution in [0.15, 0.2) is 52.3 Å². The first kappa shape index (κ1) is 18.3. The number of hydrogen-bond donors (Lipinski definition) is 3. The van der Waals surface area contributed by atoms with Crippen molar-refractivity contribution in [3.05, 3.63) is 42.5 Å². The summed E-state index contributed by atoms with van der Waals surface area (Å²) in [4.78, 5) is 22.2. The zero-order valence-electron chi connectivity index (χ0n) is 13.6. The maximum absolute atomic E-state index is 12.7. The average molecular weight is 363 g/mol. The fourth-order valence-electron chi connectivity index (χ4n) is 2.03. The summed E-state index contributed by atoms with van der Waals surface area (Å²) in [7, 11) is -2.57. The highest BCUT2D eigenvalue weighted by Gasteiger charge is 2.19. The van der Waals surface area contributed by atoms with Gasteiger partial charge in [-0.05, 0) is 42.5 Å². The number of carbonyl (C=O) groups excluding carboxylic acids is 2. The molecule has 25 heavy (non-hydrogen) atoms. The highest BCUT2D eigenvalue weighted by molar-refractivity contribution is 7.91. The maximum atomic E-state index is 12.7. The molecule has 0 aliphatic rings. The summed E-state index contributed by atoms with van der Waals surface area (Å²) < 4.78 is 29.8. The zero-order chi connectivity index (χ0) is 18.6. The van der Waals surface area contributed by atoms with Gasteiger partial charge in [-0.25, -0.2) is 13.2 Å². The first-order chi connectivity index (χ1) is 11.7. The van der Waals surface area contributed by atoms with Crippen LogP contribution >= 0.6 is 0 Å². The molecule has 0 radical (unpaired) electrons. The minimum atomic E-state index is -3.79. The molecule has 0 fully saturated rings. The van der Waals surface area contributed by atoms with E-state index in [4.69, 9.17) is 5.73 Å². The summed E-state index contributed by atoms with van der Waals surface area (Å²) in [5.41, 5.74) is 6.67. The van der Waals surface area contributed by atoms with Crippen molar-refractivity contribution >= 4 is 38.9 Å². The van der Waals surface area contributed by atoms with E-state index in [0.29, 0.717) is 11.4 Å². The van der Waals surface area contributed by atoms with Gasteiger partial charge in [-0.3, -0.25) is 10.1 Å². The monoisotopic (exact) mass is 363 g/mol. The van der Waals surface area contributed by atoms with Crippen LogP contribution in [0, 0.1) is 0 Å². The predicted octanol–water partition coefficient (Wildman–Crippen LogP) is 2.24. The van der Waals surface area contributed by atoms with Crippen LogP contribution in [0.25, 0.3) is 0 Å². The van der Waals surface area contributed by atoms with Crippen LogP contribution in [-0.2, 0) is 19.4 Å². The first-order valence-electron chi connectivity index (χ1n) is 7.11. The van der Waals surface area contributed by atoms with Crippen molar-refractivity contribution in [3.63, 3.8) is 0 Å². The Hall–Kier alpha value is -3.07. The Morgan fingerprint density at radius 2 is 1.60 bits per heavy atom. The second kappa shape index (κ2) is 7.22. The summed E-state index contributed by atoms with van der Waals surface area (Å²) in [6.45, 7) is 1.33. The third-order valence-electron chi connectivity index (χ3n) is 3.24. The molecule has 2 aromatic carbocycles. The molecule has 132 valence electrons. The molecule has 0 spiro atoms. The Morgan fingerprint density at radius 3 is 2.12 bits per heavy atom. The molecule has 0 unspecified atom stereocenters. The van der Waals surface area contributed by atoms with E-state index in [9.17, 15) is 18.0 Å². The highest BCUT2D eigenvalue weighted by atomic mass is 32.2. The van der Waals surface area contributed by atoms with Gasteiger partial charge in [0.05, 0.1) is 28.3 Å². The Balaban J connectivity index is 2.30. The van der Waals surface area contributed by atoms with Crippen molar-refractivity contribution in [2.24, 2.45) is 0 Å². The van der Waals surface area contributed by atoms with Crippen molar-refractivity contribution in [1.29, 1.82) is 0 Å². The molecule has 0 saturated carbocycles. The van der Waals surface area contributed by atoms with Gasteiger partial charge >= 0.3 is 6.09 Å². The van der Waals surface area contributed by atoms with Crippen molar-refractivity contribution in [2.45, 2.75) is 16.7 Å². The number of carbonyl (C=O) groups is 2. The molecule has 0 aliphatic heterocycles. The van der Waals surface area contributed by atoms with E-state index in [1.165, 1.54) is 56.5 Å². The van der Waals surface area contributed by atoms with Gasteiger partial charge in [-0.15, -0.1) is 0 Å². The quantitative estimate of drug-likeness (QED) is 0.715. The molecule has 0 atom stereocenters. The number of nitrogens with two attached hydrogens (primary N) is 1. The van der Waals surface area contributed by atoms with Gasteiger partial charge in [-0.1, -0.05) is 0 Å². The SMILES string of the molecule is COC(=O)Nc1ccc(S(=O)(=O)c2ccc(NC(C)=O)c(N)c2)cc1. The average Bonchev–Trinajstić information content (AvgIpc) is 2.56. The molecule has 2 rings (SSSR count). The molecule has 0 bridgehead atoms. The molecule has 4 N–H and O–H groups in total. The van der Waals surface area contributed by atoms with Crippen LogP contribution in [0.1, 0.15) is 6.92 Å². The maximum Gasteiger partial charge on any atom is 0.411 e. The number of ether oxygens (including phenoxy) is 1. The molecule has 0 saturated heterocycles. The zero-order valence-corrected chi connectivity index (χ0v) is 14.4. The summed E-state index contributed by atoms with van der Waals surface area (Å²) in [5.74, 6) is -0.309. The molecule has 2 amide bonds. The smallest absolute Gasteiger partial charge is 0.411 e. The van der Waals surface area contributed by atoms with Gasteiger partial charge in [0.2, 0.25) is 15.7 Å². The number of sulfone groups is 1. The lowest BCUT2D eigenvalue weighted by molar-refractivity contribution is -0.114. The number of rotatable bonds is 4. The second-order valence-electron chi connectivity index (χ2n) is 5.07. The minimum absolute atomic E-state index is 0.00669. The van der Waals surface area contributed by atoms with Gasteiger partial charge in [0.15, 0.2) is 0 Å². The number of hydrogen-bond acceptors (Lipinski definition) is 6. The Labute approximate surface area is 144 Å². The number of nitrogens with one attached hydrogen (secondary N) is 2. The summed E-state index contributed by atoms with van der Waals surface area (Å²) in [6, 6.07) is 9.67. The van der Waals surface area contributed by atoms with E-state index in [1.807, 2.05) is 0 Å². The van der Waals surface area contributed by atoms with Gasteiger partial charge in [0, 0.05) is 12.6 Å². The van der Waals surface area contributed by atoms with E-state index < -0.39 is 15.9 Å². The van der Waals surface area contributed by atoms with Crippen LogP contribution in [0.2, 0.25) is 0 Å². The number of nitrogen functional groups attached to an aromatic ring is 1. The number of amides is 2. The minimum Gasteiger partial charge on any atom is -0.453 e. The fourth-order valence-corrected chi connectivity index (χ4v) is 3.33. The lowest BCUT2D eigenvalue weighted by Gasteiger charge is -2.10. The second-order valence-corrected chi connectivity index (χ2v) is 7.02. The van der Waals surface area contributed by atoms with Gasteiger partial charge in [0.25, 0.3) is 0 Å². The normalized spacial score (nSPS) is 10.8. The molecule has 2 aromatic rings. The third kappa shape index (κ3) is 4.27. The number of anilines is 3. The number of methoxy groups -OCH3 is 1. The molecule has 8 nitrogen and oxygen atoms in total. The predicted molar refractivity (Wildman–Crippen MR) is 93.1 cm³/mol. The molecular formula is C16H17N3O5S. The van der Waals surface area contributed by atoms with E-state index in [-0.39, 0.29) is 21.4 Å². The lowest BCUT2D eigenvalue weighted by atomic mass is 10.2. The van der Waals surface area contributed by atoms with Crippen LogP contribution in [-0.4, -0.2) is 27.5 Å². The highest BCUT2D eigenvalue weighted by Crippen LogP contribution is 2.27. The van der Waals surface area contributed by atoms with Crippen molar-refractivity contribution in [1.82, 2.24) is 0 Å². The molecule has 9 heteroatoms. The number of benzene rings is 2. The largest absolute Gasteiger partial charge is 0.453 e. The Kier molecular flexibility index (Phi) is 5.28. The van der Waals surface area contributed by atoms with E-state index >= 15 is 0 Å². The Bertz CT molecular complexity index is 908. The summed E-state index contributed by atoms with van der Waals surface area (Å²) >= 11 is 0. The van der Waals surface area contributed by atoms with Crippen molar-refractivity contribution in [3.8, 4) is 0 Å².